The van der Waals surface area contributed by atoms with E-state index in [9.17, 15) is 0 Å². The van der Waals surface area contributed by atoms with Gasteiger partial charge in [-0.15, -0.1) is 0 Å². The molecule has 2 fully saturated rings. The Labute approximate surface area is 120 Å². The molecule has 1 atom stereocenters. The average molecular weight is 266 g/mol. The lowest BCUT2D eigenvalue weighted by atomic mass is 9.85. The van der Waals surface area contributed by atoms with Crippen LogP contribution in [0.15, 0.2) is 0 Å². The highest BCUT2D eigenvalue weighted by Gasteiger charge is 2.36. The van der Waals surface area contributed by atoms with E-state index in [4.69, 9.17) is 0 Å². The van der Waals surface area contributed by atoms with E-state index in [1.165, 1.54) is 64.3 Å². The molecule has 1 N–H and O–H groups in total. The van der Waals surface area contributed by atoms with Crippen molar-refractivity contribution in [3.8, 4) is 0 Å². The van der Waals surface area contributed by atoms with Gasteiger partial charge in [-0.1, -0.05) is 33.1 Å². The standard InChI is InChI=1S/C17H34N2/c1-16(2)10-7-8-15(9-13-16)18-14-17(19(3)4)11-5-6-12-17/h15,18H,5-14H2,1-4H3. The molecule has 0 aromatic rings. The van der Waals surface area contributed by atoms with Gasteiger partial charge in [-0.3, -0.25) is 0 Å². The Morgan fingerprint density at radius 1 is 0.947 bits per heavy atom. The van der Waals surface area contributed by atoms with Gasteiger partial charge in [0.2, 0.25) is 0 Å². The highest BCUT2D eigenvalue weighted by atomic mass is 15.2. The van der Waals surface area contributed by atoms with Crippen molar-refractivity contribution in [2.24, 2.45) is 5.41 Å². The van der Waals surface area contributed by atoms with E-state index in [0.29, 0.717) is 11.0 Å². The first kappa shape index (κ1) is 15.3. The van der Waals surface area contributed by atoms with E-state index in [1.807, 2.05) is 0 Å². The highest BCUT2D eigenvalue weighted by molar-refractivity contribution is 4.95. The van der Waals surface area contributed by atoms with Gasteiger partial charge in [0.25, 0.3) is 0 Å². The summed E-state index contributed by atoms with van der Waals surface area (Å²) >= 11 is 0. The Balaban J connectivity index is 1.84. The molecule has 0 saturated heterocycles. The first-order chi connectivity index (χ1) is 8.94. The molecule has 0 heterocycles. The maximum Gasteiger partial charge on any atom is 0.0327 e. The van der Waals surface area contributed by atoms with Crippen LogP contribution in [0, 0.1) is 5.41 Å². The van der Waals surface area contributed by atoms with E-state index in [2.05, 4.69) is 38.2 Å². The average Bonchev–Trinajstić information content (AvgIpc) is 2.75. The van der Waals surface area contributed by atoms with Gasteiger partial charge in [-0.25, -0.2) is 0 Å². The molecule has 2 aliphatic carbocycles. The van der Waals surface area contributed by atoms with Crippen molar-refractivity contribution in [3.05, 3.63) is 0 Å². The number of nitrogens with one attached hydrogen (secondary N) is 1. The second-order valence-electron chi connectivity index (χ2n) is 8.00. The second-order valence-corrected chi connectivity index (χ2v) is 8.00. The smallest absolute Gasteiger partial charge is 0.0327 e. The second kappa shape index (κ2) is 6.13. The first-order valence-corrected chi connectivity index (χ1v) is 8.34. The molecule has 2 heteroatoms. The molecule has 2 nitrogen and oxygen atoms in total. The minimum absolute atomic E-state index is 0.446. The fourth-order valence-corrected chi connectivity index (χ4v) is 4.01. The van der Waals surface area contributed by atoms with Crippen LogP contribution in [0.25, 0.3) is 0 Å². The van der Waals surface area contributed by atoms with Gasteiger partial charge in [0.05, 0.1) is 0 Å². The van der Waals surface area contributed by atoms with Gasteiger partial charge in [-0.2, -0.15) is 0 Å². The van der Waals surface area contributed by atoms with Crippen molar-refractivity contribution in [2.45, 2.75) is 83.2 Å². The zero-order valence-corrected chi connectivity index (χ0v) is 13.6. The molecule has 0 amide bonds. The van der Waals surface area contributed by atoms with Crippen molar-refractivity contribution < 1.29 is 0 Å². The van der Waals surface area contributed by atoms with Crippen molar-refractivity contribution in [2.75, 3.05) is 20.6 Å². The maximum atomic E-state index is 3.92. The molecule has 19 heavy (non-hydrogen) atoms. The molecule has 112 valence electrons. The Morgan fingerprint density at radius 3 is 2.26 bits per heavy atom. The van der Waals surface area contributed by atoms with Gasteiger partial charge in [0.1, 0.15) is 0 Å². The molecule has 0 aromatic heterocycles. The van der Waals surface area contributed by atoms with Crippen LogP contribution < -0.4 is 5.32 Å². The third-order valence-corrected chi connectivity index (χ3v) is 5.78. The van der Waals surface area contributed by atoms with Crippen LogP contribution in [0.1, 0.15) is 71.6 Å². The minimum Gasteiger partial charge on any atom is -0.312 e. The molecule has 0 bridgehead atoms. The molecular weight excluding hydrogens is 232 g/mol. The highest BCUT2D eigenvalue weighted by Crippen LogP contribution is 2.35. The predicted molar refractivity (Wildman–Crippen MR) is 83.5 cm³/mol. The Bertz CT molecular complexity index is 277. The van der Waals surface area contributed by atoms with Crippen molar-refractivity contribution in [3.63, 3.8) is 0 Å². The van der Waals surface area contributed by atoms with Crippen LogP contribution in [0.3, 0.4) is 0 Å². The van der Waals surface area contributed by atoms with E-state index in [-0.39, 0.29) is 0 Å². The molecule has 0 aliphatic heterocycles. The molecule has 0 aromatic carbocycles. The topological polar surface area (TPSA) is 15.3 Å². The SMILES string of the molecule is CN(C)C1(CNC2CCCC(C)(C)CC2)CCCC1. The fraction of sp³-hybridized carbons (Fsp3) is 1.00. The van der Waals surface area contributed by atoms with Crippen LogP contribution in [0.5, 0.6) is 0 Å². The molecule has 2 saturated carbocycles. The number of likely N-dealkylation sites (N-methyl/N-ethyl adjacent to an activating group) is 1. The van der Waals surface area contributed by atoms with Crippen LogP contribution >= 0.6 is 0 Å². The zero-order chi connectivity index (χ0) is 13.9. The Kier molecular flexibility index (Phi) is 4.94. The number of hydrogen-bond acceptors (Lipinski definition) is 2. The van der Waals surface area contributed by atoms with E-state index in [0.717, 1.165) is 6.04 Å². The summed E-state index contributed by atoms with van der Waals surface area (Å²) in [6.07, 6.45) is 12.5. The molecule has 1 unspecified atom stereocenters. The third kappa shape index (κ3) is 3.95. The summed E-state index contributed by atoms with van der Waals surface area (Å²) in [6, 6.07) is 0.763. The van der Waals surface area contributed by atoms with E-state index in [1.54, 1.807) is 0 Å². The number of rotatable bonds is 4. The van der Waals surface area contributed by atoms with Crippen molar-refractivity contribution in [1.82, 2.24) is 10.2 Å². The summed E-state index contributed by atoms with van der Waals surface area (Å²) in [6.45, 7) is 6.08. The molecule has 0 spiro atoms. The van der Waals surface area contributed by atoms with E-state index < -0.39 is 0 Å². The third-order valence-electron chi connectivity index (χ3n) is 5.78. The first-order valence-electron chi connectivity index (χ1n) is 8.34. The normalized spacial score (nSPS) is 30.5. The lowest BCUT2D eigenvalue weighted by molar-refractivity contribution is 0.147. The van der Waals surface area contributed by atoms with Crippen LogP contribution in [-0.4, -0.2) is 37.1 Å². The summed E-state index contributed by atoms with van der Waals surface area (Å²) in [7, 11) is 4.53. The lowest BCUT2D eigenvalue weighted by Gasteiger charge is -2.38. The summed E-state index contributed by atoms with van der Waals surface area (Å²) in [4.78, 5) is 2.48. The summed E-state index contributed by atoms with van der Waals surface area (Å²) in [5.74, 6) is 0. The summed E-state index contributed by atoms with van der Waals surface area (Å²) in [5.41, 5.74) is 1.02. The number of nitrogens with zero attached hydrogens (tertiary/aromatic N) is 1. The minimum atomic E-state index is 0.446. The molecule has 2 aliphatic rings. The monoisotopic (exact) mass is 266 g/mol. The van der Waals surface area contributed by atoms with Crippen LogP contribution in [-0.2, 0) is 0 Å². The van der Waals surface area contributed by atoms with Crippen LogP contribution in [0.4, 0.5) is 0 Å². The quantitative estimate of drug-likeness (QED) is 0.778. The van der Waals surface area contributed by atoms with E-state index >= 15 is 0 Å². The largest absolute Gasteiger partial charge is 0.312 e. The zero-order valence-electron chi connectivity index (χ0n) is 13.6. The van der Waals surface area contributed by atoms with Crippen molar-refractivity contribution in [1.29, 1.82) is 0 Å². The summed E-state index contributed by atoms with van der Waals surface area (Å²) < 4.78 is 0. The molecular formula is C17H34N2. The van der Waals surface area contributed by atoms with Crippen LogP contribution in [0.2, 0.25) is 0 Å². The van der Waals surface area contributed by atoms with Gasteiger partial charge < -0.3 is 10.2 Å². The number of hydrogen-bond donors (Lipinski definition) is 1. The van der Waals surface area contributed by atoms with Gasteiger partial charge in [0.15, 0.2) is 0 Å². The van der Waals surface area contributed by atoms with Gasteiger partial charge >= 0.3 is 0 Å². The van der Waals surface area contributed by atoms with Gasteiger partial charge in [-0.05, 0) is 58.0 Å². The maximum absolute atomic E-state index is 3.92. The molecule has 0 radical (unpaired) electrons. The molecule has 2 rings (SSSR count). The fourth-order valence-electron chi connectivity index (χ4n) is 4.01. The summed E-state index contributed by atoms with van der Waals surface area (Å²) in [5, 5.41) is 3.92. The van der Waals surface area contributed by atoms with Crippen molar-refractivity contribution >= 4 is 0 Å². The lowest BCUT2D eigenvalue weighted by Crippen LogP contribution is -2.51. The van der Waals surface area contributed by atoms with Gasteiger partial charge in [0, 0.05) is 18.1 Å². The predicted octanol–water partition coefficient (Wildman–Crippen LogP) is 3.81. The Morgan fingerprint density at radius 2 is 1.63 bits per heavy atom. The Hall–Kier alpha value is -0.0800.